The minimum Gasteiger partial charge on any atom is -0.369 e. The molecule has 2 N–H and O–H groups in total. The molecule has 78 valence electrons. The molecule has 0 amide bonds. The SMILES string of the molecule is CCCNCCNc1cc(C)ccn1. The van der Waals surface area contributed by atoms with Crippen molar-refractivity contribution in [3.63, 3.8) is 0 Å². The Hall–Kier alpha value is -1.09. The number of aryl methyl sites for hydroxylation is 1. The van der Waals surface area contributed by atoms with Gasteiger partial charge in [-0.25, -0.2) is 4.98 Å². The number of nitrogens with one attached hydrogen (secondary N) is 2. The Morgan fingerprint density at radius 1 is 1.29 bits per heavy atom. The average Bonchev–Trinajstić information content (AvgIpc) is 2.18. The first kappa shape index (κ1) is 11.0. The highest BCUT2D eigenvalue weighted by Crippen LogP contribution is 2.03. The summed E-state index contributed by atoms with van der Waals surface area (Å²) in [6.07, 6.45) is 3.01. The van der Waals surface area contributed by atoms with Crippen molar-refractivity contribution in [1.82, 2.24) is 10.3 Å². The summed E-state index contributed by atoms with van der Waals surface area (Å²) < 4.78 is 0. The van der Waals surface area contributed by atoms with Gasteiger partial charge in [0.25, 0.3) is 0 Å². The smallest absolute Gasteiger partial charge is 0.126 e. The monoisotopic (exact) mass is 193 g/mol. The first-order chi connectivity index (χ1) is 6.83. The Morgan fingerprint density at radius 2 is 2.14 bits per heavy atom. The lowest BCUT2D eigenvalue weighted by atomic mass is 10.3. The second-order valence-electron chi connectivity index (χ2n) is 3.40. The zero-order valence-corrected chi connectivity index (χ0v) is 9.01. The van der Waals surface area contributed by atoms with Crippen molar-refractivity contribution in [2.45, 2.75) is 20.3 Å². The summed E-state index contributed by atoms with van der Waals surface area (Å²) in [7, 11) is 0. The highest BCUT2D eigenvalue weighted by molar-refractivity contribution is 5.36. The molecule has 0 bridgehead atoms. The van der Waals surface area contributed by atoms with Gasteiger partial charge in [0, 0.05) is 19.3 Å². The van der Waals surface area contributed by atoms with E-state index in [1.165, 1.54) is 12.0 Å². The Morgan fingerprint density at radius 3 is 2.86 bits per heavy atom. The van der Waals surface area contributed by atoms with Crippen molar-refractivity contribution in [1.29, 1.82) is 0 Å². The number of rotatable bonds is 6. The van der Waals surface area contributed by atoms with Gasteiger partial charge in [-0.2, -0.15) is 0 Å². The van der Waals surface area contributed by atoms with Crippen LogP contribution >= 0.6 is 0 Å². The van der Waals surface area contributed by atoms with E-state index in [4.69, 9.17) is 0 Å². The van der Waals surface area contributed by atoms with Crippen LogP contribution in [-0.4, -0.2) is 24.6 Å². The third-order valence-corrected chi connectivity index (χ3v) is 1.95. The predicted molar refractivity (Wildman–Crippen MR) is 60.6 cm³/mol. The summed E-state index contributed by atoms with van der Waals surface area (Å²) in [5.74, 6) is 0.961. The van der Waals surface area contributed by atoms with Gasteiger partial charge in [0.1, 0.15) is 5.82 Å². The van der Waals surface area contributed by atoms with E-state index in [0.29, 0.717) is 0 Å². The third-order valence-electron chi connectivity index (χ3n) is 1.95. The molecule has 0 unspecified atom stereocenters. The zero-order chi connectivity index (χ0) is 10.2. The summed E-state index contributed by atoms with van der Waals surface area (Å²) in [5, 5.41) is 6.60. The fraction of sp³-hybridized carbons (Fsp3) is 0.545. The first-order valence-corrected chi connectivity index (χ1v) is 5.20. The maximum absolute atomic E-state index is 4.22. The number of pyridine rings is 1. The maximum atomic E-state index is 4.22. The van der Waals surface area contributed by atoms with E-state index in [9.17, 15) is 0 Å². The van der Waals surface area contributed by atoms with Gasteiger partial charge in [-0.15, -0.1) is 0 Å². The Balaban J connectivity index is 2.18. The summed E-state index contributed by atoms with van der Waals surface area (Å²) in [6.45, 7) is 7.24. The number of anilines is 1. The molecule has 14 heavy (non-hydrogen) atoms. The van der Waals surface area contributed by atoms with Crippen LogP contribution in [0.1, 0.15) is 18.9 Å². The molecule has 3 heteroatoms. The topological polar surface area (TPSA) is 37.0 Å². The molecule has 0 radical (unpaired) electrons. The van der Waals surface area contributed by atoms with Crippen molar-refractivity contribution in [3.8, 4) is 0 Å². The molecule has 0 saturated heterocycles. The second-order valence-corrected chi connectivity index (χ2v) is 3.40. The lowest BCUT2D eigenvalue weighted by molar-refractivity contribution is 0.687. The van der Waals surface area contributed by atoms with Crippen LogP contribution in [-0.2, 0) is 0 Å². The third kappa shape index (κ3) is 4.23. The quantitative estimate of drug-likeness (QED) is 0.676. The molecule has 0 fully saturated rings. The largest absolute Gasteiger partial charge is 0.369 e. The van der Waals surface area contributed by atoms with E-state index in [-0.39, 0.29) is 0 Å². The number of aromatic nitrogens is 1. The van der Waals surface area contributed by atoms with Crippen LogP contribution in [0.2, 0.25) is 0 Å². The van der Waals surface area contributed by atoms with Crippen molar-refractivity contribution in [2.24, 2.45) is 0 Å². The normalized spacial score (nSPS) is 10.1. The summed E-state index contributed by atoms with van der Waals surface area (Å²) in [4.78, 5) is 4.22. The first-order valence-electron chi connectivity index (χ1n) is 5.20. The van der Waals surface area contributed by atoms with Crippen molar-refractivity contribution in [2.75, 3.05) is 25.0 Å². The van der Waals surface area contributed by atoms with Gasteiger partial charge in [-0.1, -0.05) is 6.92 Å². The Bertz CT molecular complexity index is 260. The molecule has 0 saturated carbocycles. The molecule has 1 aromatic heterocycles. The molecule has 1 heterocycles. The van der Waals surface area contributed by atoms with Crippen LogP contribution < -0.4 is 10.6 Å². The van der Waals surface area contributed by atoms with E-state index in [0.717, 1.165) is 25.5 Å². The van der Waals surface area contributed by atoms with Gasteiger partial charge in [0.05, 0.1) is 0 Å². The minimum atomic E-state index is 0.927. The van der Waals surface area contributed by atoms with E-state index >= 15 is 0 Å². The van der Waals surface area contributed by atoms with Crippen LogP contribution in [0.4, 0.5) is 5.82 Å². The fourth-order valence-electron chi connectivity index (χ4n) is 1.21. The van der Waals surface area contributed by atoms with Gasteiger partial charge >= 0.3 is 0 Å². The second kappa shape index (κ2) is 6.38. The summed E-state index contributed by atoms with van der Waals surface area (Å²) in [5.41, 5.74) is 1.24. The van der Waals surface area contributed by atoms with Crippen molar-refractivity contribution < 1.29 is 0 Å². The highest BCUT2D eigenvalue weighted by atomic mass is 15.0. The van der Waals surface area contributed by atoms with Crippen LogP contribution in [0.5, 0.6) is 0 Å². The average molecular weight is 193 g/mol. The molecule has 0 aromatic carbocycles. The van der Waals surface area contributed by atoms with Gasteiger partial charge < -0.3 is 10.6 Å². The predicted octanol–water partition coefficient (Wildman–Crippen LogP) is 1.80. The molecule has 0 spiro atoms. The van der Waals surface area contributed by atoms with Gasteiger partial charge in [0.15, 0.2) is 0 Å². The van der Waals surface area contributed by atoms with E-state index in [1.807, 2.05) is 12.3 Å². The van der Waals surface area contributed by atoms with Crippen molar-refractivity contribution in [3.05, 3.63) is 23.9 Å². The standard InChI is InChI=1S/C11H19N3/c1-3-5-12-7-8-14-11-9-10(2)4-6-13-11/h4,6,9,12H,3,5,7-8H2,1-2H3,(H,13,14). The van der Waals surface area contributed by atoms with Gasteiger partial charge in [-0.05, 0) is 37.6 Å². The van der Waals surface area contributed by atoms with Gasteiger partial charge in [0.2, 0.25) is 0 Å². The molecule has 0 atom stereocenters. The number of hydrogen-bond donors (Lipinski definition) is 2. The molecular weight excluding hydrogens is 174 g/mol. The van der Waals surface area contributed by atoms with E-state index < -0.39 is 0 Å². The maximum Gasteiger partial charge on any atom is 0.126 e. The molecule has 1 rings (SSSR count). The fourth-order valence-corrected chi connectivity index (χ4v) is 1.21. The van der Waals surface area contributed by atoms with Crippen LogP contribution in [0.3, 0.4) is 0 Å². The van der Waals surface area contributed by atoms with E-state index in [2.05, 4.69) is 35.5 Å². The number of hydrogen-bond acceptors (Lipinski definition) is 3. The van der Waals surface area contributed by atoms with E-state index in [1.54, 1.807) is 0 Å². The van der Waals surface area contributed by atoms with Gasteiger partial charge in [-0.3, -0.25) is 0 Å². The molecule has 0 aliphatic carbocycles. The molecule has 3 nitrogen and oxygen atoms in total. The van der Waals surface area contributed by atoms with Crippen LogP contribution in [0.25, 0.3) is 0 Å². The van der Waals surface area contributed by atoms with Crippen LogP contribution in [0, 0.1) is 6.92 Å². The molecule has 0 aliphatic rings. The molecule has 1 aromatic rings. The Kier molecular flexibility index (Phi) is 5.00. The lowest BCUT2D eigenvalue weighted by Crippen LogP contribution is -2.22. The number of nitrogens with zero attached hydrogens (tertiary/aromatic N) is 1. The Labute approximate surface area is 85.9 Å². The van der Waals surface area contributed by atoms with Crippen LogP contribution in [0.15, 0.2) is 18.3 Å². The highest BCUT2D eigenvalue weighted by Gasteiger charge is 1.92. The molecular formula is C11H19N3. The summed E-state index contributed by atoms with van der Waals surface area (Å²) >= 11 is 0. The lowest BCUT2D eigenvalue weighted by Gasteiger charge is -2.06. The van der Waals surface area contributed by atoms with Crippen molar-refractivity contribution >= 4 is 5.82 Å². The molecule has 0 aliphatic heterocycles. The minimum absolute atomic E-state index is 0.927. The zero-order valence-electron chi connectivity index (χ0n) is 9.01. The summed E-state index contributed by atoms with van der Waals surface area (Å²) in [6, 6.07) is 4.06.